The highest BCUT2D eigenvalue weighted by atomic mass is 79.9. The molecule has 5 nitrogen and oxygen atoms in total. The van der Waals surface area contributed by atoms with E-state index in [0.717, 1.165) is 20.7 Å². The molecule has 0 atom stereocenters. The van der Waals surface area contributed by atoms with Crippen molar-refractivity contribution in [1.29, 1.82) is 0 Å². The first-order valence-corrected chi connectivity index (χ1v) is 9.28. The van der Waals surface area contributed by atoms with Crippen molar-refractivity contribution in [3.63, 3.8) is 0 Å². The number of carbonyl (C=O) groups excluding carboxylic acids is 1. The van der Waals surface area contributed by atoms with Crippen LogP contribution in [0.2, 0.25) is 0 Å². The normalized spacial score (nSPS) is 12.2. The predicted octanol–water partition coefficient (Wildman–Crippen LogP) is 2.35. The quantitative estimate of drug-likeness (QED) is 0.820. The van der Waals surface area contributed by atoms with E-state index < -0.39 is 10.0 Å². The number of hydrogen-bond acceptors (Lipinski definition) is 4. The van der Waals surface area contributed by atoms with Crippen LogP contribution in [0.5, 0.6) is 0 Å². The Labute approximate surface area is 132 Å². The van der Waals surface area contributed by atoms with E-state index in [4.69, 9.17) is 0 Å². The molecule has 1 N–H and O–H groups in total. The number of likely N-dealkylation sites (N-methyl/N-ethyl adjacent to an activating group) is 1. The SMILES string of the molecule is CCN(CC(=O)NC(C)C)S(=O)(=O)c1cc(C)c(Br)s1. The second kappa shape index (κ2) is 7.02. The van der Waals surface area contributed by atoms with E-state index >= 15 is 0 Å². The Bertz CT molecular complexity index is 562. The minimum absolute atomic E-state index is 0.0120. The molecule has 0 aliphatic rings. The van der Waals surface area contributed by atoms with Gasteiger partial charge < -0.3 is 5.32 Å². The summed E-state index contributed by atoms with van der Waals surface area (Å²) in [5, 5.41) is 2.70. The van der Waals surface area contributed by atoms with E-state index in [9.17, 15) is 13.2 Å². The van der Waals surface area contributed by atoms with Crippen LogP contribution in [0.25, 0.3) is 0 Å². The Hall–Kier alpha value is -0.440. The van der Waals surface area contributed by atoms with Crippen LogP contribution in [0.1, 0.15) is 26.3 Å². The number of sulfonamides is 1. The van der Waals surface area contributed by atoms with Gasteiger partial charge in [0.2, 0.25) is 5.91 Å². The van der Waals surface area contributed by atoms with Crippen molar-refractivity contribution >= 4 is 43.2 Å². The topological polar surface area (TPSA) is 66.5 Å². The van der Waals surface area contributed by atoms with E-state index in [1.807, 2.05) is 20.8 Å². The van der Waals surface area contributed by atoms with Gasteiger partial charge in [-0.2, -0.15) is 4.31 Å². The molecule has 114 valence electrons. The van der Waals surface area contributed by atoms with Crippen LogP contribution in [0.3, 0.4) is 0 Å². The lowest BCUT2D eigenvalue weighted by Crippen LogP contribution is -2.42. The third kappa shape index (κ3) is 4.28. The molecule has 1 rings (SSSR count). The van der Waals surface area contributed by atoms with Gasteiger partial charge in [0.05, 0.1) is 10.3 Å². The number of nitrogens with zero attached hydrogens (tertiary/aromatic N) is 1. The molecule has 0 saturated heterocycles. The molecule has 0 aromatic carbocycles. The Morgan fingerprint density at radius 1 is 1.50 bits per heavy atom. The number of halogens is 1. The first-order valence-electron chi connectivity index (χ1n) is 6.24. The number of amides is 1. The van der Waals surface area contributed by atoms with Crippen LogP contribution in [-0.2, 0) is 14.8 Å². The number of rotatable bonds is 6. The monoisotopic (exact) mass is 382 g/mol. The maximum atomic E-state index is 12.5. The van der Waals surface area contributed by atoms with Crippen LogP contribution >= 0.6 is 27.3 Å². The summed E-state index contributed by atoms with van der Waals surface area (Å²) in [7, 11) is -3.62. The summed E-state index contributed by atoms with van der Waals surface area (Å²) in [6.07, 6.45) is 0. The molecule has 1 amide bonds. The van der Waals surface area contributed by atoms with Crippen molar-refractivity contribution in [2.75, 3.05) is 13.1 Å². The highest BCUT2D eigenvalue weighted by Gasteiger charge is 2.27. The van der Waals surface area contributed by atoms with Crippen molar-refractivity contribution in [3.8, 4) is 0 Å². The summed E-state index contributed by atoms with van der Waals surface area (Å²) >= 11 is 4.48. The van der Waals surface area contributed by atoms with Gasteiger partial charge in [-0.15, -0.1) is 11.3 Å². The summed E-state index contributed by atoms with van der Waals surface area (Å²) in [6, 6.07) is 1.61. The lowest BCUT2D eigenvalue weighted by molar-refractivity contribution is -0.121. The largest absolute Gasteiger partial charge is 0.353 e. The van der Waals surface area contributed by atoms with Crippen LogP contribution in [0, 0.1) is 6.92 Å². The Morgan fingerprint density at radius 3 is 2.50 bits per heavy atom. The molecule has 1 aromatic rings. The molecule has 20 heavy (non-hydrogen) atoms. The van der Waals surface area contributed by atoms with E-state index in [0.29, 0.717) is 0 Å². The van der Waals surface area contributed by atoms with Gasteiger partial charge in [-0.05, 0) is 48.3 Å². The number of nitrogens with one attached hydrogen (secondary N) is 1. The molecule has 0 bridgehead atoms. The van der Waals surface area contributed by atoms with Crippen LogP contribution < -0.4 is 5.32 Å². The molecular formula is C12H19BrN2O3S2. The van der Waals surface area contributed by atoms with Crippen molar-refractivity contribution < 1.29 is 13.2 Å². The van der Waals surface area contributed by atoms with Gasteiger partial charge in [0, 0.05) is 12.6 Å². The second-order valence-electron chi connectivity index (χ2n) is 4.68. The zero-order chi connectivity index (χ0) is 15.5. The number of hydrogen-bond donors (Lipinski definition) is 1. The fourth-order valence-electron chi connectivity index (χ4n) is 1.58. The van der Waals surface area contributed by atoms with Gasteiger partial charge in [-0.1, -0.05) is 6.92 Å². The average Bonchev–Trinajstić information content (AvgIpc) is 2.66. The molecule has 8 heteroatoms. The Morgan fingerprint density at radius 2 is 2.10 bits per heavy atom. The van der Waals surface area contributed by atoms with Crippen LogP contribution in [-0.4, -0.2) is 37.8 Å². The Balaban J connectivity index is 2.95. The maximum Gasteiger partial charge on any atom is 0.253 e. The summed E-state index contributed by atoms with van der Waals surface area (Å²) in [5.74, 6) is -0.294. The first kappa shape index (κ1) is 17.6. The highest BCUT2D eigenvalue weighted by molar-refractivity contribution is 9.11. The molecule has 0 aliphatic heterocycles. The van der Waals surface area contributed by atoms with Crippen LogP contribution in [0.15, 0.2) is 14.1 Å². The minimum Gasteiger partial charge on any atom is -0.353 e. The molecule has 0 fully saturated rings. The van der Waals surface area contributed by atoms with Crippen molar-refractivity contribution in [2.24, 2.45) is 0 Å². The van der Waals surface area contributed by atoms with Gasteiger partial charge in [-0.25, -0.2) is 8.42 Å². The molecule has 0 radical (unpaired) electrons. The lowest BCUT2D eigenvalue weighted by atomic mass is 10.4. The smallest absolute Gasteiger partial charge is 0.253 e. The fraction of sp³-hybridized carbons (Fsp3) is 0.583. The van der Waals surface area contributed by atoms with E-state index in [-0.39, 0.29) is 29.2 Å². The zero-order valence-corrected chi connectivity index (χ0v) is 15.2. The van der Waals surface area contributed by atoms with E-state index in [1.165, 1.54) is 4.31 Å². The lowest BCUT2D eigenvalue weighted by Gasteiger charge is -2.19. The molecule has 0 aliphatic carbocycles. The van der Waals surface area contributed by atoms with E-state index in [1.54, 1.807) is 13.0 Å². The number of carbonyl (C=O) groups is 1. The molecular weight excluding hydrogens is 364 g/mol. The van der Waals surface area contributed by atoms with Gasteiger partial charge in [0.25, 0.3) is 10.0 Å². The highest BCUT2D eigenvalue weighted by Crippen LogP contribution is 2.32. The third-order valence-corrected chi connectivity index (χ3v) is 7.06. The minimum atomic E-state index is -3.62. The summed E-state index contributed by atoms with van der Waals surface area (Å²) < 4.78 is 27.2. The van der Waals surface area contributed by atoms with E-state index in [2.05, 4.69) is 21.2 Å². The molecule has 1 heterocycles. The molecule has 1 aromatic heterocycles. The fourth-order valence-corrected chi connectivity index (χ4v) is 5.37. The van der Waals surface area contributed by atoms with Crippen LogP contribution in [0.4, 0.5) is 0 Å². The molecule has 0 saturated carbocycles. The number of aryl methyl sites for hydroxylation is 1. The van der Waals surface area contributed by atoms with Gasteiger partial charge in [0.1, 0.15) is 4.21 Å². The Kier molecular flexibility index (Phi) is 6.18. The zero-order valence-electron chi connectivity index (χ0n) is 11.9. The number of thiophene rings is 1. The predicted molar refractivity (Wildman–Crippen MR) is 84.5 cm³/mol. The molecule has 0 unspecified atom stereocenters. The third-order valence-electron chi connectivity index (χ3n) is 2.55. The van der Waals surface area contributed by atoms with Gasteiger partial charge in [0.15, 0.2) is 0 Å². The van der Waals surface area contributed by atoms with Crippen molar-refractivity contribution in [2.45, 2.75) is 37.9 Å². The summed E-state index contributed by atoms with van der Waals surface area (Å²) in [5.41, 5.74) is 0.872. The van der Waals surface area contributed by atoms with Crippen molar-refractivity contribution in [3.05, 3.63) is 15.4 Å². The molecule has 0 spiro atoms. The van der Waals surface area contributed by atoms with Crippen molar-refractivity contribution in [1.82, 2.24) is 9.62 Å². The van der Waals surface area contributed by atoms with Gasteiger partial charge >= 0.3 is 0 Å². The van der Waals surface area contributed by atoms with Gasteiger partial charge in [-0.3, -0.25) is 4.79 Å². The maximum absolute atomic E-state index is 12.5. The standard InChI is InChI=1S/C12H19BrN2O3S2/c1-5-15(7-10(16)14-8(2)3)20(17,18)11-6-9(4)12(13)19-11/h6,8H,5,7H2,1-4H3,(H,14,16). The summed E-state index contributed by atoms with van der Waals surface area (Å²) in [6.45, 7) is 7.32. The average molecular weight is 383 g/mol. The second-order valence-corrected chi connectivity index (χ2v) is 9.21. The first-order chi connectivity index (χ1) is 9.18. The summed E-state index contributed by atoms with van der Waals surface area (Å²) in [4.78, 5) is 11.7.